The molecule has 3 aromatic carbocycles. The number of piperidine rings is 1. The summed E-state index contributed by atoms with van der Waals surface area (Å²) in [5.74, 6) is 6.33. The summed E-state index contributed by atoms with van der Waals surface area (Å²) in [6.45, 7) is 6.68. The van der Waals surface area contributed by atoms with Gasteiger partial charge >= 0.3 is 12.1 Å². The molecule has 2 unspecified atom stereocenters. The number of rotatable bonds is 10. The zero-order valence-corrected chi connectivity index (χ0v) is 25.1. The Bertz CT molecular complexity index is 1380. The topological polar surface area (TPSA) is 170 Å². The van der Waals surface area contributed by atoms with Crippen LogP contribution in [0.2, 0.25) is 0 Å². The van der Waals surface area contributed by atoms with E-state index in [1.165, 1.54) is 0 Å². The smallest absolute Gasteiger partial charge is 0.410 e. The number of amides is 1. The molecule has 2 fully saturated rings. The SMILES string of the molecule is CC(C)(C)OC(=O)N1CC2C(C1)C2N=C(N)c1ccc(OC[C@@H](ON)C(=O)OC(c2ccccc2)c2ccccc2)cc1.O. The molecule has 0 radical (unpaired) electrons. The van der Waals surface area contributed by atoms with E-state index in [9.17, 15) is 9.59 Å². The molecule has 1 amide bonds. The van der Waals surface area contributed by atoms with Crippen molar-refractivity contribution in [2.75, 3.05) is 19.7 Å². The molecule has 1 aliphatic heterocycles. The molecule has 5 rings (SSSR count). The van der Waals surface area contributed by atoms with Crippen LogP contribution in [0.1, 0.15) is 43.6 Å². The van der Waals surface area contributed by atoms with E-state index in [0.29, 0.717) is 36.5 Å². The molecule has 234 valence electrons. The van der Waals surface area contributed by atoms with E-state index in [1.807, 2.05) is 81.4 Å². The lowest BCUT2D eigenvalue weighted by atomic mass is 10.0. The lowest BCUT2D eigenvalue weighted by molar-refractivity contribution is -0.163. The van der Waals surface area contributed by atoms with Crippen LogP contribution in [0.15, 0.2) is 89.9 Å². The number of carbonyl (C=O) groups excluding carboxylic acids is 2. The molecule has 1 saturated heterocycles. The molecule has 11 heteroatoms. The minimum atomic E-state index is -1.14. The summed E-state index contributed by atoms with van der Waals surface area (Å²) in [5, 5.41) is 0. The molecule has 2 aliphatic rings. The fraction of sp³-hybridized carbons (Fsp3) is 0.364. The standard InChI is InChI=1S/C33H38N4O6.H2O/c1-33(2,3)42-32(39)37-18-25-26(19-37)28(25)36-30(34)23-14-16-24(17-15-23)40-20-27(43-35)31(38)41-29(21-10-6-4-7-11-21)22-12-8-5-9-13-22;/h4-17,25-29H,18-20,35H2,1-3H3,(H2,34,36);1H2/t25?,26?,27-,28?;/m1./s1. The summed E-state index contributed by atoms with van der Waals surface area (Å²) in [7, 11) is 0. The van der Waals surface area contributed by atoms with E-state index in [2.05, 4.69) is 0 Å². The van der Waals surface area contributed by atoms with E-state index in [-0.39, 0.29) is 24.2 Å². The second kappa shape index (κ2) is 13.9. The van der Waals surface area contributed by atoms with Crippen molar-refractivity contribution in [2.24, 2.45) is 28.5 Å². The van der Waals surface area contributed by atoms with Crippen molar-refractivity contribution in [3.05, 3.63) is 102 Å². The molecule has 11 nitrogen and oxygen atoms in total. The Morgan fingerprint density at radius 2 is 1.45 bits per heavy atom. The second-order valence-corrected chi connectivity index (χ2v) is 11.8. The van der Waals surface area contributed by atoms with E-state index < -0.39 is 23.8 Å². The van der Waals surface area contributed by atoms with Crippen LogP contribution in [0.25, 0.3) is 0 Å². The number of carbonyl (C=O) groups is 2. The molecular weight excluding hydrogens is 564 g/mol. The Hall–Kier alpha value is -4.45. The Kier molecular flexibility index (Phi) is 10.3. The maximum Gasteiger partial charge on any atom is 0.410 e. The van der Waals surface area contributed by atoms with Crippen molar-refractivity contribution in [1.29, 1.82) is 0 Å². The third-order valence-corrected chi connectivity index (χ3v) is 7.51. The number of aliphatic imine (C=N–C) groups is 1. The Morgan fingerprint density at radius 3 is 1.95 bits per heavy atom. The van der Waals surface area contributed by atoms with Gasteiger partial charge in [0.25, 0.3) is 0 Å². The number of hydrogen-bond acceptors (Lipinski definition) is 8. The Labute approximate surface area is 257 Å². The van der Waals surface area contributed by atoms with Crippen LogP contribution in [0.3, 0.4) is 0 Å². The molecular formula is C33H40N4O7. The van der Waals surface area contributed by atoms with E-state index in [1.54, 1.807) is 29.2 Å². The summed E-state index contributed by atoms with van der Waals surface area (Å²) >= 11 is 0. The molecule has 3 atom stereocenters. The van der Waals surface area contributed by atoms with Gasteiger partial charge in [-0.2, -0.15) is 0 Å². The number of likely N-dealkylation sites (tertiary alicyclic amines) is 1. The highest BCUT2D eigenvalue weighted by Gasteiger charge is 2.57. The molecule has 44 heavy (non-hydrogen) atoms. The minimum Gasteiger partial charge on any atom is -0.490 e. The van der Waals surface area contributed by atoms with Crippen molar-refractivity contribution in [2.45, 2.75) is 44.6 Å². The molecule has 0 spiro atoms. The van der Waals surface area contributed by atoms with Crippen LogP contribution in [0, 0.1) is 11.8 Å². The number of ether oxygens (including phenoxy) is 3. The maximum absolute atomic E-state index is 13.0. The molecule has 1 heterocycles. The van der Waals surface area contributed by atoms with Crippen molar-refractivity contribution < 1.29 is 34.1 Å². The van der Waals surface area contributed by atoms with Gasteiger partial charge in [0.1, 0.15) is 23.8 Å². The fourth-order valence-electron chi connectivity index (χ4n) is 5.23. The minimum absolute atomic E-state index is 0. The number of benzene rings is 3. The molecule has 1 saturated carbocycles. The van der Waals surface area contributed by atoms with Crippen LogP contribution in [0.4, 0.5) is 4.79 Å². The average molecular weight is 605 g/mol. The van der Waals surface area contributed by atoms with Crippen molar-refractivity contribution in [3.8, 4) is 5.75 Å². The summed E-state index contributed by atoms with van der Waals surface area (Å²) in [6, 6.07) is 26.1. The number of fused-ring (bicyclic) bond motifs is 1. The predicted molar refractivity (Wildman–Crippen MR) is 165 cm³/mol. The second-order valence-electron chi connectivity index (χ2n) is 11.8. The number of esters is 1. The number of nitrogens with two attached hydrogens (primary N) is 2. The van der Waals surface area contributed by atoms with Gasteiger partial charge in [-0.3, -0.25) is 9.83 Å². The summed E-state index contributed by atoms with van der Waals surface area (Å²) in [6.07, 6.45) is -2.05. The van der Waals surface area contributed by atoms with Crippen LogP contribution in [0.5, 0.6) is 5.75 Å². The molecule has 0 bridgehead atoms. The van der Waals surface area contributed by atoms with Crippen LogP contribution < -0.4 is 16.4 Å². The van der Waals surface area contributed by atoms with Gasteiger partial charge in [-0.05, 0) is 56.2 Å². The van der Waals surface area contributed by atoms with Crippen LogP contribution >= 0.6 is 0 Å². The quantitative estimate of drug-likeness (QED) is 0.153. The first kappa shape index (κ1) is 32.5. The first-order chi connectivity index (χ1) is 20.6. The first-order valence-electron chi connectivity index (χ1n) is 14.3. The molecule has 6 N–H and O–H groups in total. The normalized spacial score (nSPS) is 19.9. The largest absolute Gasteiger partial charge is 0.490 e. The summed E-state index contributed by atoms with van der Waals surface area (Å²) in [5.41, 5.74) is 8.18. The predicted octanol–water partition coefficient (Wildman–Crippen LogP) is 3.40. The third kappa shape index (κ3) is 7.93. The first-order valence-corrected chi connectivity index (χ1v) is 14.3. The summed E-state index contributed by atoms with van der Waals surface area (Å²) < 4.78 is 17.1. The maximum atomic E-state index is 13.0. The monoisotopic (exact) mass is 604 g/mol. The van der Waals surface area contributed by atoms with E-state index in [4.69, 9.17) is 35.7 Å². The number of nitrogens with zero attached hydrogens (tertiary/aromatic N) is 2. The van der Waals surface area contributed by atoms with Gasteiger partial charge in [0.05, 0.1) is 6.04 Å². The molecule has 0 aromatic heterocycles. The Balaban J connectivity index is 0.00000442. The zero-order chi connectivity index (χ0) is 30.6. The highest BCUT2D eigenvalue weighted by Crippen LogP contribution is 2.48. The van der Waals surface area contributed by atoms with Gasteiger partial charge in [-0.15, -0.1) is 0 Å². The van der Waals surface area contributed by atoms with Crippen LogP contribution in [-0.2, 0) is 19.1 Å². The van der Waals surface area contributed by atoms with Gasteiger partial charge in [0.2, 0.25) is 6.10 Å². The molecule has 1 aliphatic carbocycles. The van der Waals surface area contributed by atoms with E-state index >= 15 is 0 Å². The number of hydrogen-bond donors (Lipinski definition) is 2. The molecule has 3 aromatic rings. The highest BCUT2D eigenvalue weighted by molar-refractivity contribution is 5.97. The summed E-state index contributed by atoms with van der Waals surface area (Å²) in [4.78, 5) is 36.7. The fourth-order valence-corrected chi connectivity index (χ4v) is 5.23. The Morgan fingerprint density at radius 1 is 0.909 bits per heavy atom. The third-order valence-electron chi connectivity index (χ3n) is 7.51. The van der Waals surface area contributed by atoms with Gasteiger partial charge in [0, 0.05) is 30.5 Å². The van der Waals surface area contributed by atoms with Gasteiger partial charge in [-0.1, -0.05) is 60.7 Å². The highest BCUT2D eigenvalue weighted by atomic mass is 16.7. The van der Waals surface area contributed by atoms with Crippen molar-refractivity contribution in [1.82, 2.24) is 4.90 Å². The lowest BCUT2D eigenvalue weighted by Gasteiger charge is -2.25. The lowest BCUT2D eigenvalue weighted by Crippen LogP contribution is -2.37. The van der Waals surface area contributed by atoms with Gasteiger partial charge < -0.3 is 30.3 Å². The van der Waals surface area contributed by atoms with Crippen molar-refractivity contribution in [3.63, 3.8) is 0 Å². The average Bonchev–Trinajstić information content (AvgIpc) is 3.41. The zero-order valence-electron chi connectivity index (χ0n) is 25.1. The van der Waals surface area contributed by atoms with Gasteiger partial charge in [-0.25, -0.2) is 15.5 Å². The van der Waals surface area contributed by atoms with Gasteiger partial charge in [0.15, 0.2) is 6.10 Å². The van der Waals surface area contributed by atoms with Crippen LogP contribution in [-0.4, -0.2) is 65.7 Å². The van der Waals surface area contributed by atoms with Crippen molar-refractivity contribution >= 4 is 17.9 Å². The van der Waals surface area contributed by atoms with E-state index in [0.717, 1.165) is 16.7 Å². The number of amidine groups is 1.